The number of benzene rings is 1. The van der Waals surface area contributed by atoms with Crippen molar-refractivity contribution in [3.05, 3.63) is 52.7 Å². The number of rotatable bonds is 7. The minimum absolute atomic E-state index is 0.109. The summed E-state index contributed by atoms with van der Waals surface area (Å²) in [6.45, 7) is 4.05. The number of nitrogens with zero attached hydrogens (tertiary/aromatic N) is 2. The molecule has 0 aliphatic carbocycles. The fourth-order valence-corrected chi connectivity index (χ4v) is 2.07. The number of aryl methyl sites for hydroxylation is 1. The lowest BCUT2D eigenvalue weighted by atomic mass is 10.3. The van der Waals surface area contributed by atoms with E-state index in [4.69, 9.17) is 9.47 Å². The smallest absolute Gasteiger partial charge is 0.260 e. The molecule has 1 atom stereocenters. The number of ether oxygens (including phenoxy) is 2. The molecular formula is C17H21N3O4. The van der Waals surface area contributed by atoms with Crippen molar-refractivity contribution in [2.24, 2.45) is 0 Å². The van der Waals surface area contributed by atoms with Gasteiger partial charge in [0, 0.05) is 24.8 Å². The first-order chi connectivity index (χ1) is 11.5. The van der Waals surface area contributed by atoms with Crippen LogP contribution in [0.1, 0.15) is 12.5 Å². The summed E-state index contributed by atoms with van der Waals surface area (Å²) in [5.41, 5.74) is 0.460. The highest BCUT2D eigenvalue weighted by Gasteiger charge is 2.14. The van der Waals surface area contributed by atoms with Crippen molar-refractivity contribution in [2.75, 3.05) is 13.7 Å². The monoisotopic (exact) mass is 331 g/mol. The van der Waals surface area contributed by atoms with Crippen LogP contribution in [-0.4, -0.2) is 35.2 Å². The van der Waals surface area contributed by atoms with Crippen LogP contribution in [0.4, 0.5) is 0 Å². The van der Waals surface area contributed by atoms with Gasteiger partial charge in [0.1, 0.15) is 11.5 Å². The van der Waals surface area contributed by atoms with Crippen molar-refractivity contribution in [2.45, 2.75) is 26.5 Å². The van der Waals surface area contributed by atoms with E-state index in [1.54, 1.807) is 45.2 Å². The van der Waals surface area contributed by atoms with E-state index in [9.17, 15) is 9.59 Å². The van der Waals surface area contributed by atoms with Crippen LogP contribution in [0.25, 0.3) is 0 Å². The Kier molecular flexibility index (Phi) is 5.95. The predicted molar refractivity (Wildman–Crippen MR) is 89.3 cm³/mol. The fourth-order valence-electron chi connectivity index (χ4n) is 2.07. The zero-order chi connectivity index (χ0) is 17.5. The number of methoxy groups -OCH3 is 1. The first-order valence-electron chi connectivity index (χ1n) is 7.60. The minimum Gasteiger partial charge on any atom is -0.497 e. The molecule has 0 bridgehead atoms. The second kappa shape index (κ2) is 8.14. The molecule has 1 unspecified atom stereocenters. The van der Waals surface area contributed by atoms with Crippen LogP contribution in [0, 0.1) is 6.92 Å². The summed E-state index contributed by atoms with van der Waals surface area (Å²) in [5, 5.41) is 2.74. The summed E-state index contributed by atoms with van der Waals surface area (Å²) in [5.74, 6) is 1.05. The van der Waals surface area contributed by atoms with Crippen molar-refractivity contribution in [1.82, 2.24) is 14.9 Å². The SMILES string of the molecule is COc1ccc(OC(C)C(=O)NCCn2cncc(C)c2=O)cc1. The van der Waals surface area contributed by atoms with Crippen molar-refractivity contribution < 1.29 is 14.3 Å². The van der Waals surface area contributed by atoms with Crippen molar-refractivity contribution >= 4 is 5.91 Å². The quantitative estimate of drug-likeness (QED) is 0.823. The molecule has 2 rings (SSSR count). The first-order valence-corrected chi connectivity index (χ1v) is 7.60. The molecule has 1 aromatic heterocycles. The molecule has 1 N–H and O–H groups in total. The van der Waals surface area contributed by atoms with Gasteiger partial charge in [0.15, 0.2) is 6.10 Å². The molecule has 2 aromatic rings. The Balaban J connectivity index is 1.83. The highest BCUT2D eigenvalue weighted by atomic mass is 16.5. The van der Waals surface area contributed by atoms with E-state index < -0.39 is 6.10 Å². The number of hydrogen-bond acceptors (Lipinski definition) is 5. The second-order valence-electron chi connectivity index (χ2n) is 5.30. The normalized spacial score (nSPS) is 11.6. The van der Waals surface area contributed by atoms with Crippen LogP contribution in [0.5, 0.6) is 11.5 Å². The molecule has 0 spiro atoms. The Morgan fingerprint density at radius 1 is 1.29 bits per heavy atom. The maximum Gasteiger partial charge on any atom is 0.260 e. The van der Waals surface area contributed by atoms with Crippen LogP contribution >= 0.6 is 0 Å². The van der Waals surface area contributed by atoms with Crippen molar-refractivity contribution in [1.29, 1.82) is 0 Å². The molecule has 128 valence electrons. The van der Waals surface area contributed by atoms with Gasteiger partial charge in [-0.3, -0.25) is 14.2 Å². The lowest BCUT2D eigenvalue weighted by Gasteiger charge is -2.15. The molecule has 7 nitrogen and oxygen atoms in total. The highest BCUT2D eigenvalue weighted by Crippen LogP contribution is 2.18. The molecule has 0 aliphatic rings. The molecule has 1 heterocycles. The summed E-state index contributed by atoms with van der Waals surface area (Å²) < 4.78 is 12.1. The number of carbonyl (C=O) groups is 1. The van der Waals surface area contributed by atoms with E-state index in [0.717, 1.165) is 5.75 Å². The van der Waals surface area contributed by atoms with Crippen molar-refractivity contribution in [3.8, 4) is 11.5 Å². The van der Waals surface area contributed by atoms with Gasteiger partial charge < -0.3 is 14.8 Å². The zero-order valence-corrected chi connectivity index (χ0v) is 14.0. The number of hydrogen-bond donors (Lipinski definition) is 1. The fraction of sp³-hybridized carbons (Fsp3) is 0.353. The minimum atomic E-state index is -0.647. The number of nitrogens with one attached hydrogen (secondary N) is 1. The van der Waals surface area contributed by atoms with Gasteiger partial charge in [-0.1, -0.05) is 0 Å². The van der Waals surface area contributed by atoms with Gasteiger partial charge >= 0.3 is 0 Å². The van der Waals surface area contributed by atoms with E-state index in [-0.39, 0.29) is 11.5 Å². The van der Waals surface area contributed by atoms with Gasteiger partial charge in [-0.05, 0) is 38.1 Å². The van der Waals surface area contributed by atoms with Crippen LogP contribution in [0.3, 0.4) is 0 Å². The summed E-state index contributed by atoms with van der Waals surface area (Å²) in [6, 6.07) is 7.00. The Morgan fingerprint density at radius 3 is 2.62 bits per heavy atom. The molecule has 0 radical (unpaired) electrons. The van der Waals surface area contributed by atoms with E-state index in [1.807, 2.05) is 0 Å². The van der Waals surface area contributed by atoms with Gasteiger partial charge in [0.25, 0.3) is 11.5 Å². The maximum atomic E-state index is 12.0. The van der Waals surface area contributed by atoms with E-state index >= 15 is 0 Å². The standard InChI is InChI=1S/C17H21N3O4/c1-12-10-18-11-20(17(12)22)9-8-19-16(21)13(2)24-15-6-4-14(23-3)5-7-15/h4-7,10-11,13H,8-9H2,1-3H3,(H,19,21). The second-order valence-corrected chi connectivity index (χ2v) is 5.30. The van der Waals surface area contributed by atoms with Crippen LogP contribution < -0.4 is 20.3 Å². The first kappa shape index (κ1) is 17.5. The molecule has 0 saturated heterocycles. The lowest BCUT2D eigenvalue weighted by Crippen LogP contribution is -2.39. The molecule has 7 heteroatoms. The number of amides is 1. The third kappa shape index (κ3) is 4.58. The average Bonchev–Trinajstić information content (AvgIpc) is 2.59. The topological polar surface area (TPSA) is 82.4 Å². The Morgan fingerprint density at radius 2 is 1.96 bits per heavy atom. The largest absolute Gasteiger partial charge is 0.497 e. The summed E-state index contributed by atoms with van der Waals surface area (Å²) in [4.78, 5) is 27.9. The number of carbonyl (C=O) groups excluding carboxylic acids is 1. The van der Waals surface area contributed by atoms with Gasteiger partial charge in [-0.15, -0.1) is 0 Å². The third-order valence-electron chi connectivity index (χ3n) is 3.47. The summed E-state index contributed by atoms with van der Waals surface area (Å²) in [7, 11) is 1.58. The third-order valence-corrected chi connectivity index (χ3v) is 3.47. The van der Waals surface area contributed by atoms with Gasteiger partial charge in [-0.25, -0.2) is 4.98 Å². The zero-order valence-electron chi connectivity index (χ0n) is 14.0. The molecule has 0 saturated carbocycles. The van der Waals surface area contributed by atoms with Crippen molar-refractivity contribution in [3.63, 3.8) is 0 Å². The Hall–Kier alpha value is -2.83. The molecule has 0 fully saturated rings. The summed E-state index contributed by atoms with van der Waals surface area (Å²) in [6.07, 6.45) is 2.33. The van der Waals surface area contributed by atoms with Crippen LogP contribution in [0.15, 0.2) is 41.6 Å². The molecular weight excluding hydrogens is 310 g/mol. The molecule has 24 heavy (non-hydrogen) atoms. The van der Waals surface area contributed by atoms with E-state index in [2.05, 4.69) is 10.3 Å². The molecule has 0 aliphatic heterocycles. The van der Waals surface area contributed by atoms with Gasteiger partial charge in [-0.2, -0.15) is 0 Å². The van der Waals surface area contributed by atoms with E-state index in [1.165, 1.54) is 17.1 Å². The van der Waals surface area contributed by atoms with Gasteiger partial charge in [0.2, 0.25) is 0 Å². The lowest BCUT2D eigenvalue weighted by molar-refractivity contribution is -0.127. The Bertz CT molecular complexity index is 740. The van der Waals surface area contributed by atoms with E-state index in [0.29, 0.717) is 24.4 Å². The van der Waals surface area contributed by atoms with Crippen LogP contribution in [0.2, 0.25) is 0 Å². The molecule has 1 amide bonds. The maximum absolute atomic E-state index is 12.0. The molecule has 1 aromatic carbocycles. The van der Waals surface area contributed by atoms with Gasteiger partial charge in [0.05, 0.1) is 13.4 Å². The summed E-state index contributed by atoms with van der Waals surface area (Å²) >= 11 is 0. The highest BCUT2D eigenvalue weighted by molar-refractivity contribution is 5.80. The number of aromatic nitrogens is 2. The van der Waals surface area contributed by atoms with Crippen LogP contribution in [-0.2, 0) is 11.3 Å². The predicted octanol–water partition coefficient (Wildman–Crippen LogP) is 1.14. The Labute approximate surface area is 140 Å². The average molecular weight is 331 g/mol.